The van der Waals surface area contributed by atoms with Crippen LogP contribution in [0.15, 0.2) is 20.4 Å². The van der Waals surface area contributed by atoms with Gasteiger partial charge in [0.2, 0.25) is 0 Å². The summed E-state index contributed by atoms with van der Waals surface area (Å²) in [7, 11) is 0. The molecule has 0 N–H and O–H groups in total. The van der Waals surface area contributed by atoms with Gasteiger partial charge in [-0.2, -0.15) is 10.2 Å². The maximum absolute atomic E-state index is 4.48. The Morgan fingerprint density at radius 2 is 1.09 bits per heavy atom. The molecule has 0 aromatic carbocycles. The van der Waals surface area contributed by atoms with Crippen molar-refractivity contribution < 1.29 is 0 Å². The van der Waals surface area contributed by atoms with E-state index in [9.17, 15) is 0 Å². The minimum Gasteiger partial charge on any atom is -0.361 e. The van der Waals surface area contributed by atoms with Crippen molar-refractivity contribution >= 4 is 24.1 Å². The lowest BCUT2D eigenvalue weighted by atomic mass is 9.52. The van der Waals surface area contributed by atoms with Crippen molar-refractivity contribution in [3.05, 3.63) is 0 Å². The lowest BCUT2D eigenvalue weighted by molar-refractivity contribution is 0.308. The van der Waals surface area contributed by atoms with Crippen LogP contribution in [0, 0.1) is 10.8 Å². The summed E-state index contributed by atoms with van der Waals surface area (Å²) >= 11 is 0. The van der Waals surface area contributed by atoms with Gasteiger partial charge in [0.15, 0.2) is 0 Å². The molecule has 6 heteroatoms. The van der Waals surface area contributed by atoms with Crippen LogP contribution in [0.25, 0.3) is 0 Å². The van der Waals surface area contributed by atoms with Crippen molar-refractivity contribution in [3.8, 4) is 0 Å². The Hall–Kier alpha value is -1.72. The van der Waals surface area contributed by atoms with E-state index in [-0.39, 0.29) is 10.8 Å². The molecule has 2 aliphatic heterocycles. The van der Waals surface area contributed by atoms with Crippen LogP contribution in [-0.2, 0) is 0 Å². The summed E-state index contributed by atoms with van der Waals surface area (Å²) in [4.78, 5) is 4.35. The Labute approximate surface area is 132 Å². The molecule has 22 heavy (non-hydrogen) atoms. The van der Waals surface area contributed by atoms with Gasteiger partial charge >= 0.3 is 0 Å². The molecular formula is C16H26N6. The van der Waals surface area contributed by atoms with Gasteiger partial charge in [0.1, 0.15) is 12.7 Å². The summed E-state index contributed by atoms with van der Waals surface area (Å²) in [6, 6.07) is 0. The number of nitrogens with zero attached hydrogens (tertiary/aromatic N) is 6. The van der Waals surface area contributed by atoms with Crippen LogP contribution < -0.4 is 0 Å². The summed E-state index contributed by atoms with van der Waals surface area (Å²) in [6.45, 7) is 13.0. The van der Waals surface area contributed by atoms with Crippen LogP contribution in [-0.4, -0.2) is 60.1 Å². The van der Waals surface area contributed by atoms with Crippen molar-refractivity contribution in [2.75, 3.05) is 26.2 Å². The molecule has 3 fully saturated rings. The minimum absolute atomic E-state index is 0.165. The second-order valence-corrected chi connectivity index (χ2v) is 7.39. The van der Waals surface area contributed by atoms with Gasteiger partial charge in [-0.3, -0.25) is 0 Å². The molecule has 120 valence electrons. The smallest absolute Gasteiger partial charge is 0.114 e. The largest absolute Gasteiger partial charge is 0.361 e. The number of likely N-dealkylation sites (tertiary alicyclic amines) is 2. The molecule has 3 aliphatic rings. The molecule has 1 aliphatic carbocycles. The summed E-state index contributed by atoms with van der Waals surface area (Å²) in [5.41, 5.74) is 1.83. The SMILES string of the molecule is CC1(C)C(=N/N=C/N2CCC2)C(C)(C)C1=N/N=C/N1CCC1. The molecule has 6 nitrogen and oxygen atoms in total. The summed E-state index contributed by atoms with van der Waals surface area (Å²) in [6.07, 6.45) is 6.20. The molecule has 0 amide bonds. The average Bonchev–Trinajstić information content (AvgIpc) is 2.32. The third-order valence-corrected chi connectivity index (χ3v) is 4.89. The Bertz CT molecular complexity index is 481. The van der Waals surface area contributed by atoms with Crippen LogP contribution in [0.2, 0.25) is 0 Å². The highest BCUT2D eigenvalue weighted by Gasteiger charge is 2.57. The van der Waals surface area contributed by atoms with E-state index in [1.54, 1.807) is 0 Å². The zero-order valence-corrected chi connectivity index (χ0v) is 14.1. The zero-order chi connectivity index (χ0) is 15.8. The third-order valence-electron chi connectivity index (χ3n) is 4.89. The molecule has 3 rings (SSSR count). The fourth-order valence-electron chi connectivity index (χ4n) is 3.45. The predicted octanol–water partition coefficient (Wildman–Crippen LogP) is 2.23. The van der Waals surface area contributed by atoms with Crippen LogP contribution >= 0.6 is 0 Å². The van der Waals surface area contributed by atoms with Gasteiger partial charge < -0.3 is 9.80 Å². The van der Waals surface area contributed by atoms with Gasteiger partial charge in [-0.1, -0.05) is 0 Å². The molecule has 0 aromatic heterocycles. The van der Waals surface area contributed by atoms with E-state index >= 15 is 0 Å². The molecule has 0 spiro atoms. The molecule has 0 unspecified atom stereocenters. The van der Waals surface area contributed by atoms with E-state index in [1.165, 1.54) is 12.8 Å². The topological polar surface area (TPSA) is 55.9 Å². The first kappa shape index (κ1) is 15.2. The van der Waals surface area contributed by atoms with Crippen LogP contribution in [0.1, 0.15) is 40.5 Å². The molecule has 0 radical (unpaired) electrons. The molecule has 0 bridgehead atoms. The normalized spacial score (nSPS) is 26.0. The van der Waals surface area contributed by atoms with E-state index in [0.29, 0.717) is 0 Å². The molecule has 2 saturated heterocycles. The summed E-state index contributed by atoms with van der Waals surface area (Å²) in [5.74, 6) is 0. The van der Waals surface area contributed by atoms with Crippen molar-refractivity contribution in [3.63, 3.8) is 0 Å². The molecular weight excluding hydrogens is 276 g/mol. The summed E-state index contributed by atoms with van der Waals surface area (Å²) < 4.78 is 0. The van der Waals surface area contributed by atoms with E-state index in [0.717, 1.165) is 37.6 Å². The molecule has 0 atom stereocenters. The van der Waals surface area contributed by atoms with E-state index in [4.69, 9.17) is 0 Å². The van der Waals surface area contributed by atoms with Crippen LogP contribution in [0.5, 0.6) is 0 Å². The van der Waals surface area contributed by atoms with Crippen molar-refractivity contribution in [2.45, 2.75) is 40.5 Å². The lowest BCUT2D eigenvalue weighted by Crippen LogP contribution is -2.61. The average molecular weight is 302 g/mol. The highest BCUT2D eigenvalue weighted by atomic mass is 15.3. The Morgan fingerprint density at radius 1 is 0.727 bits per heavy atom. The minimum atomic E-state index is -0.165. The van der Waals surface area contributed by atoms with E-state index in [1.807, 2.05) is 12.7 Å². The highest BCUT2D eigenvalue weighted by Crippen LogP contribution is 2.48. The van der Waals surface area contributed by atoms with Gasteiger partial charge in [-0.15, -0.1) is 10.2 Å². The molecule has 2 heterocycles. The number of hydrogen-bond acceptors (Lipinski definition) is 4. The second kappa shape index (κ2) is 5.48. The Balaban J connectivity index is 1.70. The zero-order valence-electron chi connectivity index (χ0n) is 14.1. The van der Waals surface area contributed by atoms with Crippen molar-refractivity contribution in [1.29, 1.82) is 0 Å². The van der Waals surface area contributed by atoms with E-state index < -0.39 is 0 Å². The van der Waals surface area contributed by atoms with Gasteiger partial charge in [-0.25, -0.2) is 0 Å². The number of hydrogen-bond donors (Lipinski definition) is 0. The first-order valence-electron chi connectivity index (χ1n) is 8.14. The first-order valence-corrected chi connectivity index (χ1v) is 8.14. The van der Waals surface area contributed by atoms with Gasteiger partial charge in [0, 0.05) is 37.0 Å². The maximum Gasteiger partial charge on any atom is 0.114 e. The third kappa shape index (κ3) is 2.55. The second-order valence-electron chi connectivity index (χ2n) is 7.39. The van der Waals surface area contributed by atoms with Gasteiger partial charge in [-0.05, 0) is 40.5 Å². The standard InChI is InChI=1S/C16H26N6/c1-15(2)13(19-17-11-21-7-5-8-21)16(3,4)14(15)20-18-12-22-9-6-10-22/h11-12H,5-10H2,1-4H3/b17-11+,18-12+,19-13?,20-14?. The first-order chi connectivity index (χ1) is 10.4. The van der Waals surface area contributed by atoms with Crippen LogP contribution in [0.3, 0.4) is 0 Å². The molecule has 1 saturated carbocycles. The van der Waals surface area contributed by atoms with Crippen LogP contribution in [0.4, 0.5) is 0 Å². The van der Waals surface area contributed by atoms with Gasteiger partial charge in [0.25, 0.3) is 0 Å². The fraction of sp³-hybridized carbons (Fsp3) is 0.750. The number of rotatable bonds is 4. The quantitative estimate of drug-likeness (QED) is 0.454. The maximum atomic E-state index is 4.48. The fourth-order valence-corrected chi connectivity index (χ4v) is 3.45. The highest BCUT2D eigenvalue weighted by molar-refractivity contribution is 6.33. The van der Waals surface area contributed by atoms with Gasteiger partial charge in [0.05, 0.1) is 11.4 Å². The predicted molar refractivity (Wildman–Crippen MR) is 91.8 cm³/mol. The van der Waals surface area contributed by atoms with Crippen molar-refractivity contribution in [1.82, 2.24) is 9.80 Å². The monoisotopic (exact) mass is 302 g/mol. The summed E-state index contributed by atoms with van der Waals surface area (Å²) in [5, 5.41) is 17.5. The van der Waals surface area contributed by atoms with E-state index in [2.05, 4.69) is 57.9 Å². The Kier molecular flexibility index (Phi) is 3.78. The van der Waals surface area contributed by atoms with Crippen molar-refractivity contribution in [2.24, 2.45) is 31.2 Å². The lowest BCUT2D eigenvalue weighted by Gasteiger charge is -2.50. The molecule has 0 aromatic rings. The Morgan fingerprint density at radius 3 is 1.36 bits per heavy atom.